The number of carbonyl (C=O) groups is 1. The van der Waals surface area contributed by atoms with Crippen molar-refractivity contribution in [3.8, 4) is 0 Å². The molecule has 0 aliphatic carbocycles. The van der Waals surface area contributed by atoms with Crippen LogP contribution >= 0.6 is 11.3 Å². The molecule has 0 aromatic carbocycles. The lowest BCUT2D eigenvalue weighted by Gasteiger charge is -1.99. The van der Waals surface area contributed by atoms with Crippen molar-refractivity contribution in [2.24, 2.45) is 0 Å². The van der Waals surface area contributed by atoms with Crippen LogP contribution in [0, 0.1) is 0 Å². The van der Waals surface area contributed by atoms with E-state index < -0.39 is 0 Å². The number of ether oxygens (including phenoxy) is 1. The van der Waals surface area contributed by atoms with Crippen LogP contribution in [0.25, 0.3) is 0 Å². The van der Waals surface area contributed by atoms with E-state index >= 15 is 0 Å². The molecule has 0 saturated carbocycles. The van der Waals surface area contributed by atoms with Gasteiger partial charge in [0.1, 0.15) is 12.0 Å². The van der Waals surface area contributed by atoms with Crippen LogP contribution in [-0.2, 0) is 17.8 Å². The zero-order valence-electron chi connectivity index (χ0n) is 9.43. The Kier molecular flexibility index (Phi) is 3.95. The van der Waals surface area contributed by atoms with Crippen molar-refractivity contribution in [2.75, 3.05) is 7.11 Å². The fourth-order valence-electron chi connectivity index (χ4n) is 1.42. The smallest absolute Gasteiger partial charge is 0.341 e. The van der Waals surface area contributed by atoms with Crippen molar-refractivity contribution in [1.29, 1.82) is 0 Å². The molecule has 2 aromatic rings. The molecule has 0 atom stereocenters. The second kappa shape index (κ2) is 5.65. The molecule has 90 valence electrons. The Morgan fingerprint density at radius 3 is 3.12 bits per heavy atom. The molecule has 0 amide bonds. The van der Waals surface area contributed by atoms with Gasteiger partial charge in [-0.1, -0.05) is 0 Å². The van der Waals surface area contributed by atoms with Gasteiger partial charge in [-0.25, -0.2) is 4.79 Å². The number of hydrogen-bond acceptors (Lipinski definition) is 5. The van der Waals surface area contributed by atoms with E-state index in [4.69, 9.17) is 4.42 Å². The Hall–Kier alpha value is -1.59. The number of thiophene rings is 1. The van der Waals surface area contributed by atoms with Crippen LogP contribution in [0.4, 0.5) is 0 Å². The average molecular weight is 251 g/mol. The minimum absolute atomic E-state index is 0.377. The quantitative estimate of drug-likeness (QED) is 0.829. The summed E-state index contributed by atoms with van der Waals surface area (Å²) in [5.74, 6) is 0.346. The Morgan fingerprint density at radius 2 is 2.41 bits per heavy atom. The van der Waals surface area contributed by atoms with Gasteiger partial charge < -0.3 is 14.5 Å². The highest BCUT2D eigenvalue weighted by Crippen LogP contribution is 2.10. The van der Waals surface area contributed by atoms with Gasteiger partial charge >= 0.3 is 5.97 Å². The van der Waals surface area contributed by atoms with Crippen LogP contribution in [0.5, 0.6) is 0 Å². The van der Waals surface area contributed by atoms with Crippen molar-refractivity contribution in [3.05, 3.63) is 46.0 Å². The van der Waals surface area contributed by atoms with Gasteiger partial charge in [-0.05, 0) is 28.5 Å². The maximum absolute atomic E-state index is 11.2. The highest BCUT2D eigenvalue weighted by molar-refractivity contribution is 7.07. The molecule has 0 radical (unpaired) electrons. The molecule has 2 aromatic heterocycles. The van der Waals surface area contributed by atoms with Gasteiger partial charge in [0, 0.05) is 6.54 Å². The molecule has 0 spiro atoms. The van der Waals surface area contributed by atoms with Gasteiger partial charge in [0.25, 0.3) is 0 Å². The van der Waals surface area contributed by atoms with Gasteiger partial charge in [0.05, 0.1) is 19.2 Å². The number of hydrogen-bond donors (Lipinski definition) is 1. The van der Waals surface area contributed by atoms with Crippen LogP contribution in [0.3, 0.4) is 0 Å². The molecule has 0 aliphatic rings. The third kappa shape index (κ3) is 3.18. The van der Waals surface area contributed by atoms with E-state index in [1.807, 2.05) is 5.38 Å². The number of furan rings is 1. The fraction of sp³-hybridized carbons (Fsp3) is 0.250. The van der Waals surface area contributed by atoms with E-state index in [0.717, 1.165) is 12.3 Å². The maximum atomic E-state index is 11.2. The van der Waals surface area contributed by atoms with Gasteiger partial charge in [-0.3, -0.25) is 0 Å². The molecular formula is C12H13NO3S. The largest absolute Gasteiger partial charge is 0.467 e. The summed E-state index contributed by atoms with van der Waals surface area (Å²) in [6.07, 6.45) is 1.41. The van der Waals surface area contributed by atoms with Crippen LogP contribution in [0.15, 0.2) is 33.6 Å². The molecule has 0 fully saturated rings. The first kappa shape index (κ1) is 11.9. The maximum Gasteiger partial charge on any atom is 0.341 e. The minimum atomic E-state index is -0.377. The van der Waals surface area contributed by atoms with Crippen molar-refractivity contribution in [1.82, 2.24) is 5.32 Å². The minimum Gasteiger partial charge on any atom is -0.467 e. The van der Waals surface area contributed by atoms with Crippen LogP contribution < -0.4 is 5.32 Å². The Morgan fingerprint density at radius 1 is 1.53 bits per heavy atom. The van der Waals surface area contributed by atoms with Crippen LogP contribution in [0.1, 0.15) is 21.7 Å². The lowest BCUT2D eigenvalue weighted by atomic mass is 10.3. The molecule has 0 bridgehead atoms. The van der Waals surface area contributed by atoms with E-state index in [0.29, 0.717) is 12.1 Å². The third-order valence-electron chi connectivity index (χ3n) is 2.28. The lowest BCUT2D eigenvalue weighted by Crippen LogP contribution is -2.11. The van der Waals surface area contributed by atoms with E-state index in [2.05, 4.69) is 21.5 Å². The van der Waals surface area contributed by atoms with E-state index in [9.17, 15) is 4.79 Å². The monoisotopic (exact) mass is 251 g/mol. The third-order valence-corrected chi connectivity index (χ3v) is 3.02. The average Bonchev–Trinajstić information content (AvgIpc) is 2.99. The standard InChI is InChI=1S/C12H13NO3S/c1-15-12(14)10-4-11(16-7-10)6-13-5-9-2-3-17-8-9/h2-4,7-8,13H,5-6H2,1H3. The molecule has 0 aliphatic heterocycles. The fourth-order valence-corrected chi connectivity index (χ4v) is 2.09. The van der Waals surface area contributed by atoms with Crippen LogP contribution in [-0.4, -0.2) is 13.1 Å². The summed E-state index contributed by atoms with van der Waals surface area (Å²) < 4.78 is 9.84. The number of methoxy groups -OCH3 is 1. The van der Waals surface area contributed by atoms with Gasteiger partial charge in [-0.15, -0.1) is 0 Å². The zero-order chi connectivity index (χ0) is 12.1. The van der Waals surface area contributed by atoms with Crippen molar-refractivity contribution < 1.29 is 13.9 Å². The van der Waals surface area contributed by atoms with Crippen molar-refractivity contribution in [2.45, 2.75) is 13.1 Å². The molecule has 0 saturated heterocycles. The van der Waals surface area contributed by atoms with Gasteiger partial charge in [-0.2, -0.15) is 11.3 Å². The lowest BCUT2D eigenvalue weighted by molar-refractivity contribution is 0.0600. The first-order valence-corrected chi connectivity index (χ1v) is 6.11. The second-order valence-electron chi connectivity index (χ2n) is 3.53. The topological polar surface area (TPSA) is 51.5 Å². The summed E-state index contributed by atoms with van der Waals surface area (Å²) in [7, 11) is 1.35. The summed E-state index contributed by atoms with van der Waals surface area (Å²) in [5.41, 5.74) is 1.69. The zero-order valence-corrected chi connectivity index (χ0v) is 10.3. The normalized spacial score (nSPS) is 10.4. The molecule has 0 unspecified atom stereocenters. The molecule has 5 heteroatoms. The predicted molar refractivity (Wildman–Crippen MR) is 64.9 cm³/mol. The predicted octanol–water partition coefficient (Wildman–Crippen LogP) is 2.42. The van der Waals surface area contributed by atoms with E-state index in [1.165, 1.54) is 18.9 Å². The molecule has 17 heavy (non-hydrogen) atoms. The molecule has 2 heterocycles. The Balaban J connectivity index is 1.83. The van der Waals surface area contributed by atoms with E-state index in [-0.39, 0.29) is 5.97 Å². The summed E-state index contributed by atoms with van der Waals surface area (Å²) in [6.45, 7) is 1.38. The van der Waals surface area contributed by atoms with Crippen molar-refractivity contribution >= 4 is 17.3 Å². The summed E-state index contributed by atoms with van der Waals surface area (Å²) in [5, 5.41) is 7.37. The van der Waals surface area contributed by atoms with Gasteiger partial charge in [0.15, 0.2) is 0 Å². The summed E-state index contributed by atoms with van der Waals surface area (Å²) >= 11 is 1.67. The highest BCUT2D eigenvalue weighted by atomic mass is 32.1. The number of esters is 1. The molecule has 1 N–H and O–H groups in total. The first-order chi connectivity index (χ1) is 8.29. The molecule has 2 rings (SSSR count). The second-order valence-corrected chi connectivity index (χ2v) is 4.31. The van der Waals surface area contributed by atoms with Crippen LogP contribution in [0.2, 0.25) is 0 Å². The highest BCUT2D eigenvalue weighted by Gasteiger charge is 2.09. The number of carbonyl (C=O) groups excluding carboxylic acids is 1. The van der Waals surface area contributed by atoms with E-state index in [1.54, 1.807) is 17.4 Å². The molecule has 4 nitrogen and oxygen atoms in total. The Bertz CT molecular complexity index is 476. The number of nitrogens with one attached hydrogen (secondary N) is 1. The van der Waals surface area contributed by atoms with Gasteiger partial charge in [0.2, 0.25) is 0 Å². The summed E-state index contributed by atoms with van der Waals surface area (Å²) in [4.78, 5) is 11.2. The summed E-state index contributed by atoms with van der Waals surface area (Å²) in [6, 6.07) is 3.76. The number of rotatable bonds is 5. The van der Waals surface area contributed by atoms with Crippen molar-refractivity contribution in [3.63, 3.8) is 0 Å². The first-order valence-electron chi connectivity index (χ1n) is 5.17. The Labute approximate surface area is 103 Å². The SMILES string of the molecule is COC(=O)c1coc(CNCc2ccsc2)c1. The molecular weight excluding hydrogens is 238 g/mol.